The van der Waals surface area contributed by atoms with E-state index in [9.17, 15) is 39.4 Å². The van der Waals surface area contributed by atoms with E-state index < -0.39 is 33.0 Å². The lowest BCUT2D eigenvalue weighted by Crippen LogP contribution is -2.08. The Balaban J connectivity index is 1.02. The highest BCUT2D eigenvalue weighted by molar-refractivity contribution is 6.15. The molecule has 0 spiro atoms. The predicted octanol–water partition coefficient (Wildman–Crippen LogP) is 6.59. The van der Waals surface area contributed by atoms with Gasteiger partial charge in [-0.25, -0.2) is 9.36 Å². The van der Waals surface area contributed by atoms with Crippen molar-refractivity contribution >= 4 is 34.5 Å². The molecule has 16 heteroatoms. The number of hydrogen-bond donors (Lipinski definition) is 0. The summed E-state index contributed by atoms with van der Waals surface area (Å²) < 4.78 is 14.1. The fourth-order valence-corrected chi connectivity index (χ4v) is 5.52. The molecule has 0 saturated carbocycles. The minimum atomic E-state index is -0.548. The van der Waals surface area contributed by atoms with Gasteiger partial charge in [0.15, 0.2) is 23.1 Å². The van der Waals surface area contributed by atoms with Crippen LogP contribution < -0.4 is 9.47 Å². The maximum absolute atomic E-state index is 13.4. The van der Waals surface area contributed by atoms with E-state index in [-0.39, 0.29) is 58.2 Å². The molecule has 0 atom stereocenters. The highest BCUT2D eigenvalue weighted by Gasteiger charge is 2.24. The second-order valence-electron chi connectivity index (χ2n) is 12.1. The van der Waals surface area contributed by atoms with Crippen LogP contribution in [0.25, 0.3) is 11.4 Å². The Morgan fingerprint density at radius 2 is 0.982 bits per heavy atom. The van der Waals surface area contributed by atoms with Gasteiger partial charge in [-0.05, 0) is 60.7 Å². The molecule has 0 amide bonds. The van der Waals surface area contributed by atoms with Crippen molar-refractivity contribution in [2.45, 2.75) is 20.3 Å². The van der Waals surface area contributed by atoms with Crippen molar-refractivity contribution in [3.8, 4) is 22.9 Å². The van der Waals surface area contributed by atoms with E-state index in [2.05, 4.69) is 10.2 Å². The topological polar surface area (TPSA) is 209 Å². The van der Waals surface area contributed by atoms with Crippen LogP contribution in [-0.4, -0.2) is 65.8 Å². The number of nitro groups is 2. The number of hydrogen-bond acceptors (Lipinski definition) is 12. The number of non-ortho nitro benzene ring substituents is 2. The minimum absolute atomic E-state index is 0.0530. The third kappa shape index (κ3) is 8.38. The van der Waals surface area contributed by atoms with Crippen LogP contribution in [0.4, 0.5) is 11.4 Å². The standard InChI is InChI=1S/C39H30N6O10/c1-24(46)36-34(22-42(40-36)28-6-3-8-30(20-28)44(50)51)38(48)26-10-14-32(15-11-26)54-18-5-19-55-33-16-12-27(13-17-33)39(49)35-23-43(41-37(35)25(2)47)29-7-4-9-31(21-29)45(52)53/h3-4,6-17,20-23H,5,18-19H2,1-2H3. The number of rotatable bonds is 16. The summed E-state index contributed by atoms with van der Waals surface area (Å²) in [6, 6.07) is 24.1. The predicted molar refractivity (Wildman–Crippen MR) is 196 cm³/mol. The van der Waals surface area contributed by atoms with E-state index in [0.29, 0.717) is 29.3 Å². The molecule has 6 aromatic rings. The molecule has 0 aliphatic rings. The number of benzene rings is 4. The lowest BCUT2D eigenvalue weighted by molar-refractivity contribution is -0.385. The van der Waals surface area contributed by atoms with Gasteiger partial charge < -0.3 is 9.47 Å². The Kier molecular flexibility index (Phi) is 10.8. The number of ether oxygens (including phenoxy) is 2. The van der Waals surface area contributed by atoms with Gasteiger partial charge in [-0.3, -0.25) is 39.4 Å². The molecule has 0 fully saturated rings. The number of carbonyl (C=O) groups is 4. The lowest BCUT2D eigenvalue weighted by atomic mass is 10.0. The highest BCUT2D eigenvalue weighted by Crippen LogP contribution is 2.24. The van der Waals surface area contributed by atoms with Crippen LogP contribution in [0.1, 0.15) is 73.1 Å². The summed E-state index contributed by atoms with van der Waals surface area (Å²) in [6.45, 7) is 3.14. The number of carbonyl (C=O) groups excluding carboxylic acids is 4. The molecule has 2 aromatic heterocycles. The number of ketones is 4. The van der Waals surface area contributed by atoms with Crippen molar-refractivity contribution in [3.05, 3.63) is 163 Å². The van der Waals surface area contributed by atoms with E-state index in [1.54, 1.807) is 60.7 Å². The Hall–Kier alpha value is -7.62. The van der Waals surface area contributed by atoms with Crippen LogP contribution in [0, 0.1) is 20.2 Å². The molecule has 0 N–H and O–H groups in total. The maximum Gasteiger partial charge on any atom is 0.271 e. The van der Waals surface area contributed by atoms with Crippen molar-refractivity contribution in [1.82, 2.24) is 19.6 Å². The summed E-state index contributed by atoms with van der Waals surface area (Å²) >= 11 is 0. The number of aromatic nitrogens is 4. The zero-order valence-corrected chi connectivity index (χ0v) is 29.3. The summed E-state index contributed by atoms with van der Waals surface area (Å²) in [5.41, 5.74) is 0.874. The van der Waals surface area contributed by atoms with Crippen LogP contribution in [0.2, 0.25) is 0 Å². The average molecular weight is 743 g/mol. The quantitative estimate of drug-likeness (QED) is 0.0445. The van der Waals surface area contributed by atoms with E-state index in [0.717, 1.165) is 0 Å². The molecule has 276 valence electrons. The van der Waals surface area contributed by atoms with Crippen LogP contribution in [0.3, 0.4) is 0 Å². The van der Waals surface area contributed by atoms with Gasteiger partial charge in [-0.2, -0.15) is 10.2 Å². The third-order valence-corrected chi connectivity index (χ3v) is 8.25. The summed E-state index contributed by atoms with van der Waals surface area (Å²) in [4.78, 5) is 72.7. The Bertz CT molecular complexity index is 2300. The van der Waals surface area contributed by atoms with Crippen LogP contribution in [0.5, 0.6) is 11.5 Å². The van der Waals surface area contributed by atoms with Gasteiger partial charge in [0.2, 0.25) is 0 Å². The number of nitro benzene ring substituents is 2. The fourth-order valence-electron chi connectivity index (χ4n) is 5.52. The highest BCUT2D eigenvalue weighted by atomic mass is 16.6. The van der Waals surface area contributed by atoms with E-state index >= 15 is 0 Å². The first kappa shape index (κ1) is 37.1. The summed E-state index contributed by atoms with van der Waals surface area (Å²) in [5.74, 6) is -0.788. The van der Waals surface area contributed by atoms with Crippen LogP contribution in [0.15, 0.2) is 109 Å². The van der Waals surface area contributed by atoms with Gasteiger partial charge in [0, 0.05) is 68.1 Å². The fraction of sp³-hybridized carbons (Fsp3) is 0.128. The Morgan fingerprint density at radius 1 is 0.600 bits per heavy atom. The normalized spacial score (nSPS) is 10.8. The molecule has 0 saturated heterocycles. The second kappa shape index (κ2) is 16.0. The summed E-state index contributed by atoms with van der Waals surface area (Å²) in [6.07, 6.45) is 3.25. The summed E-state index contributed by atoms with van der Waals surface area (Å²) in [5, 5.41) is 30.8. The third-order valence-electron chi connectivity index (χ3n) is 8.25. The first-order valence-electron chi connectivity index (χ1n) is 16.7. The molecule has 55 heavy (non-hydrogen) atoms. The molecule has 6 rings (SSSR count). The maximum atomic E-state index is 13.4. The average Bonchev–Trinajstić information content (AvgIpc) is 3.85. The van der Waals surface area contributed by atoms with Gasteiger partial charge >= 0.3 is 0 Å². The number of Topliss-reactive ketones (excluding diaryl/α,β-unsaturated/α-hetero) is 2. The first-order chi connectivity index (χ1) is 26.4. The van der Waals surface area contributed by atoms with E-state index in [1.165, 1.54) is 72.0 Å². The van der Waals surface area contributed by atoms with Crippen molar-refractivity contribution < 1.29 is 38.5 Å². The van der Waals surface area contributed by atoms with Gasteiger partial charge in [-0.1, -0.05) is 12.1 Å². The monoisotopic (exact) mass is 742 g/mol. The van der Waals surface area contributed by atoms with Crippen molar-refractivity contribution in [3.63, 3.8) is 0 Å². The zero-order chi connectivity index (χ0) is 39.2. The second-order valence-corrected chi connectivity index (χ2v) is 12.1. The molecular formula is C39H30N6O10. The largest absolute Gasteiger partial charge is 0.493 e. The molecule has 16 nitrogen and oxygen atoms in total. The van der Waals surface area contributed by atoms with Crippen molar-refractivity contribution in [2.24, 2.45) is 0 Å². The molecule has 4 aromatic carbocycles. The van der Waals surface area contributed by atoms with E-state index in [1.807, 2.05) is 0 Å². The Morgan fingerprint density at radius 3 is 1.33 bits per heavy atom. The van der Waals surface area contributed by atoms with Gasteiger partial charge in [0.25, 0.3) is 11.4 Å². The molecule has 0 unspecified atom stereocenters. The molecule has 0 radical (unpaired) electrons. The molecule has 0 aliphatic carbocycles. The summed E-state index contributed by atoms with van der Waals surface area (Å²) in [7, 11) is 0. The number of nitrogens with zero attached hydrogens (tertiary/aromatic N) is 6. The molecule has 0 aliphatic heterocycles. The van der Waals surface area contributed by atoms with Crippen molar-refractivity contribution in [1.29, 1.82) is 0 Å². The molecule has 2 heterocycles. The van der Waals surface area contributed by atoms with Gasteiger partial charge in [-0.15, -0.1) is 0 Å². The van der Waals surface area contributed by atoms with Crippen LogP contribution >= 0.6 is 0 Å². The van der Waals surface area contributed by atoms with Gasteiger partial charge in [0.05, 0.1) is 45.6 Å². The van der Waals surface area contributed by atoms with E-state index in [4.69, 9.17) is 9.47 Å². The zero-order valence-electron chi connectivity index (χ0n) is 29.3. The molecule has 0 bridgehead atoms. The molecular weight excluding hydrogens is 712 g/mol. The minimum Gasteiger partial charge on any atom is -0.493 e. The SMILES string of the molecule is CC(=O)c1nn(-c2cccc([N+](=O)[O-])c2)cc1C(=O)c1ccc(OCCCOc2ccc(C(=O)c3cn(-c4cccc([N+](=O)[O-])c4)nc3C(C)=O)cc2)cc1. The first-order valence-corrected chi connectivity index (χ1v) is 16.7. The van der Waals surface area contributed by atoms with Crippen molar-refractivity contribution in [2.75, 3.05) is 13.2 Å². The lowest BCUT2D eigenvalue weighted by Gasteiger charge is -2.09. The van der Waals surface area contributed by atoms with Crippen LogP contribution in [-0.2, 0) is 0 Å². The smallest absolute Gasteiger partial charge is 0.271 e. The van der Waals surface area contributed by atoms with Gasteiger partial charge in [0.1, 0.15) is 22.9 Å². The Labute approximate surface area is 311 Å².